The Kier molecular flexibility index (Phi) is 15.4. The van der Waals surface area contributed by atoms with Gasteiger partial charge in [0.05, 0.1) is 26.1 Å². The predicted molar refractivity (Wildman–Crippen MR) is 140 cm³/mol. The molecule has 0 bridgehead atoms. The Morgan fingerprint density at radius 1 is 0.639 bits per heavy atom. The van der Waals surface area contributed by atoms with Crippen molar-refractivity contribution in [3.05, 3.63) is 0 Å². The third-order valence-corrected chi connectivity index (χ3v) is 6.71. The zero-order chi connectivity index (χ0) is 27.1. The summed E-state index contributed by atoms with van der Waals surface area (Å²) in [5, 5.41) is 5.07. The van der Waals surface area contributed by atoms with E-state index in [9.17, 15) is 19.2 Å². The summed E-state index contributed by atoms with van der Waals surface area (Å²) in [6.45, 7) is 13.7. The van der Waals surface area contributed by atoms with Gasteiger partial charge in [0, 0.05) is 0 Å². The lowest BCUT2D eigenvalue weighted by molar-refractivity contribution is -0.151. The van der Waals surface area contributed by atoms with Gasteiger partial charge in [-0.15, -0.1) is 0 Å². The molecule has 2 unspecified atom stereocenters. The highest BCUT2D eigenvalue weighted by molar-refractivity contribution is 6.00. The summed E-state index contributed by atoms with van der Waals surface area (Å²) in [4.78, 5) is 49.1. The number of carbonyl (C=O) groups excluding carboxylic acids is 4. The van der Waals surface area contributed by atoms with Crippen LogP contribution in [-0.4, -0.2) is 49.1 Å². The van der Waals surface area contributed by atoms with Crippen molar-refractivity contribution in [1.82, 2.24) is 10.6 Å². The van der Waals surface area contributed by atoms with Gasteiger partial charge in [-0.25, -0.2) is 0 Å². The summed E-state index contributed by atoms with van der Waals surface area (Å²) in [6.07, 6.45) is 7.98. The fourth-order valence-corrected chi connectivity index (χ4v) is 4.20. The topological polar surface area (TPSA) is 111 Å². The molecule has 4 atom stereocenters. The number of hydrogen-bond donors (Lipinski definition) is 2. The van der Waals surface area contributed by atoms with Crippen LogP contribution in [0.5, 0.6) is 0 Å². The number of piperazine rings is 1. The fourth-order valence-electron chi connectivity index (χ4n) is 4.20. The first-order valence-electron chi connectivity index (χ1n) is 13.9. The molecule has 1 rings (SSSR count). The zero-order valence-corrected chi connectivity index (χ0v) is 23.4. The first kappa shape index (κ1) is 31.9. The monoisotopic (exact) mass is 510 g/mol. The van der Waals surface area contributed by atoms with Gasteiger partial charge in [0.15, 0.2) is 0 Å². The zero-order valence-electron chi connectivity index (χ0n) is 23.4. The smallest absolute Gasteiger partial charge is 0.308 e. The third kappa shape index (κ3) is 14.4. The predicted octanol–water partition coefficient (Wildman–Crippen LogP) is 4.54. The van der Waals surface area contributed by atoms with Crippen LogP contribution in [0.2, 0.25) is 0 Å². The molecular formula is C28H50N2O6. The lowest BCUT2D eigenvalue weighted by atomic mass is 9.98. The van der Waals surface area contributed by atoms with Crippen molar-refractivity contribution in [2.45, 2.75) is 118 Å². The number of ether oxygens (including phenoxy) is 2. The Labute approximate surface area is 218 Å². The van der Waals surface area contributed by atoms with Crippen LogP contribution < -0.4 is 10.6 Å². The molecule has 208 valence electrons. The molecule has 2 amide bonds. The highest BCUT2D eigenvalue weighted by Crippen LogP contribution is 2.17. The average Bonchev–Trinajstić information content (AvgIpc) is 2.76. The molecule has 0 aliphatic carbocycles. The van der Waals surface area contributed by atoms with Crippen LogP contribution in [0.15, 0.2) is 0 Å². The Hall–Kier alpha value is -2.12. The van der Waals surface area contributed by atoms with Crippen molar-refractivity contribution < 1.29 is 28.7 Å². The summed E-state index contributed by atoms with van der Waals surface area (Å²) in [5.74, 6) is 0.266. The molecule has 1 saturated heterocycles. The minimum absolute atomic E-state index is 0.231. The van der Waals surface area contributed by atoms with Gasteiger partial charge in [0.2, 0.25) is 11.8 Å². The van der Waals surface area contributed by atoms with E-state index in [1.807, 2.05) is 0 Å². The Morgan fingerprint density at radius 2 is 1.00 bits per heavy atom. The van der Waals surface area contributed by atoms with E-state index in [-0.39, 0.29) is 12.8 Å². The Bertz CT molecular complexity index is 636. The Balaban J connectivity index is 2.26. The SMILES string of the molecule is CC(C)CCCC(C)CCOC(=O)C[C@@H]1NC(=O)[C@H](CC(=O)OCCC(C)CCCC(C)C)NC1=O. The minimum Gasteiger partial charge on any atom is -0.466 e. The van der Waals surface area contributed by atoms with Crippen molar-refractivity contribution in [3.63, 3.8) is 0 Å². The van der Waals surface area contributed by atoms with Crippen LogP contribution in [0.3, 0.4) is 0 Å². The molecule has 1 aliphatic rings. The second kappa shape index (κ2) is 17.4. The highest BCUT2D eigenvalue weighted by atomic mass is 16.5. The van der Waals surface area contributed by atoms with Crippen molar-refractivity contribution in [3.8, 4) is 0 Å². The number of carbonyl (C=O) groups is 4. The van der Waals surface area contributed by atoms with Crippen LogP contribution in [0.25, 0.3) is 0 Å². The standard InChI is InChI=1S/C28H50N2O6/c1-19(2)9-7-11-21(5)13-15-35-25(31)17-23-27(33)30-24(28(34)29-23)18-26(32)36-16-14-22(6)12-8-10-20(3)4/h19-24H,7-18H2,1-6H3,(H,29,34)(H,30,33)/t21?,22?,23-,24-/m0/s1. The molecule has 0 aromatic carbocycles. The van der Waals surface area contributed by atoms with Crippen LogP contribution in [-0.2, 0) is 28.7 Å². The summed E-state index contributed by atoms with van der Waals surface area (Å²) in [5.41, 5.74) is 0. The van der Waals surface area contributed by atoms with Gasteiger partial charge >= 0.3 is 11.9 Å². The van der Waals surface area contributed by atoms with Crippen LogP contribution in [0, 0.1) is 23.7 Å². The number of amides is 2. The van der Waals surface area contributed by atoms with E-state index in [0.29, 0.717) is 36.9 Å². The van der Waals surface area contributed by atoms with Gasteiger partial charge in [0.25, 0.3) is 0 Å². The molecule has 1 fully saturated rings. The summed E-state index contributed by atoms with van der Waals surface area (Å²) in [7, 11) is 0. The summed E-state index contributed by atoms with van der Waals surface area (Å²) >= 11 is 0. The van der Waals surface area contributed by atoms with Gasteiger partial charge in [0.1, 0.15) is 12.1 Å². The molecule has 8 heteroatoms. The summed E-state index contributed by atoms with van der Waals surface area (Å²) in [6, 6.07) is -1.99. The molecule has 0 radical (unpaired) electrons. The number of hydrogen-bond acceptors (Lipinski definition) is 6. The molecule has 0 aromatic rings. The van der Waals surface area contributed by atoms with Crippen molar-refractivity contribution in [2.24, 2.45) is 23.7 Å². The van der Waals surface area contributed by atoms with Gasteiger partial charge in [-0.05, 0) is 36.5 Å². The second-order valence-electron chi connectivity index (χ2n) is 11.4. The maximum absolute atomic E-state index is 12.4. The lowest BCUT2D eigenvalue weighted by Gasteiger charge is -2.28. The molecule has 1 aliphatic heterocycles. The first-order chi connectivity index (χ1) is 17.0. The minimum atomic E-state index is -0.993. The van der Waals surface area contributed by atoms with Gasteiger partial charge < -0.3 is 20.1 Å². The fraction of sp³-hybridized carbons (Fsp3) is 0.857. The van der Waals surface area contributed by atoms with E-state index in [1.54, 1.807) is 0 Å². The third-order valence-electron chi connectivity index (χ3n) is 6.71. The van der Waals surface area contributed by atoms with E-state index in [1.165, 1.54) is 12.8 Å². The number of esters is 2. The van der Waals surface area contributed by atoms with Crippen LogP contribution >= 0.6 is 0 Å². The van der Waals surface area contributed by atoms with Crippen molar-refractivity contribution >= 4 is 23.8 Å². The van der Waals surface area contributed by atoms with Crippen molar-refractivity contribution in [1.29, 1.82) is 0 Å². The van der Waals surface area contributed by atoms with E-state index >= 15 is 0 Å². The number of rotatable bonds is 18. The molecule has 0 aromatic heterocycles. The maximum atomic E-state index is 12.4. The molecule has 36 heavy (non-hydrogen) atoms. The van der Waals surface area contributed by atoms with Crippen LogP contribution in [0.1, 0.15) is 106 Å². The highest BCUT2D eigenvalue weighted by Gasteiger charge is 2.36. The number of nitrogens with one attached hydrogen (secondary N) is 2. The van der Waals surface area contributed by atoms with E-state index in [0.717, 1.165) is 38.5 Å². The first-order valence-corrected chi connectivity index (χ1v) is 13.9. The second-order valence-corrected chi connectivity index (χ2v) is 11.4. The lowest BCUT2D eigenvalue weighted by Crippen LogP contribution is -2.62. The molecule has 2 N–H and O–H groups in total. The molecule has 8 nitrogen and oxygen atoms in total. The molecule has 1 heterocycles. The van der Waals surface area contributed by atoms with Gasteiger partial charge in [-0.1, -0.05) is 80.1 Å². The molecule has 0 saturated carbocycles. The quantitative estimate of drug-likeness (QED) is 0.262. The molecule has 0 spiro atoms. The Morgan fingerprint density at radius 3 is 1.33 bits per heavy atom. The van der Waals surface area contributed by atoms with Crippen molar-refractivity contribution in [2.75, 3.05) is 13.2 Å². The summed E-state index contributed by atoms with van der Waals surface area (Å²) < 4.78 is 10.5. The van der Waals surface area contributed by atoms with Crippen LogP contribution in [0.4, 0.5) is 0 Å². The van der Waals surface area contributed by atoms with E-state index in [2.05, 4.69) is 52.2 Å². The van der Waals surface area contributed by atoms with Gasteiger partial charge in [-0.2, -0.15) is 0 Å². The van der Waals surface area contributed by atoms with E-state index in [4.69, 9.17) is 9.47 Å². The largest absolute Gasteiger partial charge is 0.466 e. The normalized spacial score (nSPS) is 19.6. The van der Waals surface area contributed by atoms with Gasteiger partial charge in [-0.3, -0.25) is 19.2 Å². The average molecular weight is 511 g/mol. The maximum Gasteiger partial charge on any atom is 0.308 e. The molecular weight excluding hydrogens is 460 g/mol. The van der Waals surface area contributed by atoms with E-state index < -0.39 is 35.8 Å².